The first-order valence-electron chi connectivity index (χ1n) is 7.91. The van der Waals surface area contributed by atoms with Gasteiger partial charge in [0.05, 0.1) is 5.66 Å². The van der Waals surface area contributed by atoms with Gasteiger partial charge in [-0.25, -0.2) is 0 Å². The minimum absolute atomic E-state index is 0.325. The Morgan fingerprint density at radius 3 is 1.42 bits per heavy atom. The van der Waals surface area contributed by atoms with Gasteiger partial charge in [0.15, 0.2) is 0 Å². The number of nitrogens with two attached hydrogens (primary N) is 4. The highest BCUT2D eigenvalue weighted by Crippen LogP contribution is 2.41. The van der Waals surface area contributed by atoms with Crippen LogP contribution in [0, 0.1) is 23.7 Å². The van der Waals surface area contributed by atoms with Gasteiger partial charge in [0.2, 0.25) is 0 Å². The normalized spacial score (nSPS) is 45.2. The van der Waals surface area contributed by atoms with Crippen molar-refractivity contribution >= 4 is 0 Å². The van der Waals surface area contributed by atoms with Crippen molar-refractivity contribution in [3.63, 3.8) is 0 Å². The predicted octanol–water partition coefficient (Wildman–Crippen LogP) is 1.13. The van der Waals surface area contributed by atoms with Gasteiger partial charge in [-0.15, -0.1) is 0 Å². The van der Waals surface area contributed by atoms with Crippen LogP contribution < -0.4 is 22.9 Å². The van der Waals surface area contributed by atoms with E-state index >= 15 is 0 Å². The molecule has 8 N–H and O–H groups in total. The van der Waals surface area contributed by atoms with E-state index in [0.29, 0.717) is 35.8 Å². The van der Waals surface area contributed by atoms with E-state index in [-0.39, 0.29) is 0 Å². The molecule has 2 fully saturated rings. The molecule has 0 saturated heterocycles. The van der Waals surface area contributed by atoms with E-state index in [1.54, 1.807) is 0 Å². The molecule has 2 rings (SSSR count). The average molecular weight is 268 g/mol. The second kappa shape index (κ2) is 5.68. The molecule has 0 aromatic heterocycles. The molecule has 2 saturated carbocycles. The first-order valence-corrected chi connectivity index (χ1v) is 7.91. The lowest BCUT2D eigenvalue weighted by molar-refractivity contribution is 0.0703. The fourth-order valence-corrected chi connectivity index (χ4v) is 4.08. The third-order valence-electron chi connectivity index (χ3n) is 5.89. The van der Waals surface area contributed by atoms with Crippen LogP contribution in [0.3, 0.4) is 0 Å². The van der Waals surface area contributed by atoms with Crippen LogP contribution in [-0.4, -0.2) is 17.7 Å². The maximum absolute atomic E-state index is 6.58. The van der Waals surface area contributed by atoms with E-state index in [0.717, 1.165) is 38.5 Å². The van der Waals surface area contributed by atoms with E-state index < -0.39 is 5.66 Å². The maximum Gasteiger partial charge on any atom is 0.0694 e. The van der Waals surface area contributed by atoms with Crippen molar-refractivity contribution in [2.75, 3.05) is 0 Å². The average Bonchev–Trinajstić information content (AvgIpc) is 2.35. The molecular formula is C15H32N4. The second-order valence-corrected chi connectivity index (χ2v) is 7.30. The third kappa shape index (κ3) is 3.13. The first kappa shape index (κ1) is 15.2. The molecule has 6 atom stereocenters. The van der Waals surface area contributed by atoms with E-state index in [4.69, 9.17) is 22.9 Å². The maximum atomic E-state index is 6.58. The molecular weight excluding hydrogens is 236 g/mol. The van der Waals surface area contributed by atoms with Gasteiger partial charge in [0.25, 0.3) is 0 Å². The highest BCUT2D eigenvalue weighted by Gasteiger charge is 2.43. The van der Waals surface area contributed by atoms with Gasteiger partial charge < -0.3 is 22.9 Å². The molecule has 0 amide bonds. The smallest absolute Gasteiger partial charge is 0.0694 e. The number of hydrogen-bond acceptors (Lipinski definition) is 4. The molecule has 0 aliphatic heterocycles. The van der Waals surface area contributed by atoms with E-state index in [9.17, 15) is 0 Å². The van der Waals surface area contributed by atoms with Crippen molar-refractivity contribution in [2.24, 2.45) is 46.6 Å². The summed E-state index contributed by atoms with van der Waals surface area (Å²) < 4.78 is 0. The third-order valence-corrected chi connectivity index (χ3v) is 5.89. The molecule has 0 heterocycles. The summed E-state index contributed by atoms with van der Waals surface area (Å²) in [5.41, 5.74) is 24.8. The summed E-state index contributed by atoms with van der Waals surface area (Å²) in [4.78, 5) is 0. The van der Waals surface area contributed by atoms with Crippen LogP contribution in [-0.2, 0) is 0 Å². The largest absolute Gasteiger partial charge is 0.327 e. The SMILES string of the molecule is CC1CC(C(N)(N)C2CCC(N)C(C)C2)CCC1N. The molecule has 0 radical (unpaired) electrons. The second-order valence-electron chi connectivity index (χ2n) is 7.30. The monoisotopic (exact) mass is 268 g/mol. The summed E-state index contributed by atoms with van der Waals surface area (Å²) in [5.74, 6) is 1.89. The summed E-state index contributed by atoms with van der Waals surface area (Å²) in [5, 5.41) is 0. The topological polar surface area (TPSA) is 104 Å². The molecule has 4 heteroatoms. The first-order chi connectivity index (χ1) is 8.82. The zero-order valence-corrected chi connectivity index (χ0v) is 12.5. The standard InChI is InChI=1S/C15H32N4/c1-9-7-11(3-5-13(9)16)15(18,19)12-4-6-14(17)10(2)8-12/h9-14H,3-8,16-19H2,1-2H3. The Morgan fingerprint density at radius 1 is 0.737 bits per heavy atom. The van der Waals surface area contributed by atoms with Crippen LogP contribution in [0.5, 0.6) is 0 Å². The van der Waals surface area contributed by atoms with E-state index in [1.807, 2.05) is 0 Å². The van der Waals surface area contributed by atoms with Gasteiger partial charge in [-0.3, -0.25) is 0 Å². The van der Waals surface area contributed by atoms with Crippen molar-refractivity contribution in [3.05, 3.63) is 0 Å². The molecule has 0 bridgehead atoms. The Kier molecular flexibility index (Phi) is 4.56. The van der Waals surface area contributed by atoms with Gasteiger partial charge in [-0.05, 0) is 62.2 Å². The van der Waals surface area contributed by atoms with Crippen LogP contribution in [0.4, 0.5) is 0 Å². The van der Waals surface area contributed by atoms with Crippen molar-refractivity contribution in [1.82, 2.24) is 0 Å². The van der Waals surface area contributed by atoms with Crippen molar-refractivity contribution < 1.29 is 0 Å². The fourth-order valence-electron chi connectivity index (χ4n) is 4.08. The van der Waals surface area contributed by atoms with Crippen LogP contribution in [0.1, 0.15) is 52.4 Å². The minimum atomic E-state index is -0.539. The molecule has 0 aromatic carbocycles. The summed E-state index contributed by atoms with van der Waals surface area (Å²) in [6.45, 7) is 4.46. The predicted molar refractivity (Wildman–Crippen MR) is 80.1 cm³/mol. The fraction of sp³-hybridized carbons (Fsp3) is 1.00. The highest BCUT2D eigenvalue weighted by atomic mass is 15.0. The van der Waals surface area contributed by atoms with Crippen LogP contribution in [0.2, 0.25) is 0 Å². The molecule has 0 spiro atoms. The lowest BCUT2D eigenvalue weighted by Gasteiger charge is -2.48. The van der Waals surface area contributed by atoms with Gasteiger partial charge >= 0.3 is 0 Å². The van der Waals surface area contributed by atoms with E-state index in [1.165, 1.54) is 0 Å². The molecule has 2 aliphatic carbocycles. The van der Waals surface area contributed by atoms with E-state index in [2.05, 4.69) is 13.8 Å². The van der Waals surface area contributed by atoms with Gasteiger partial charge in [-0.1, -0.05) is 13.8 Å². The van der Waals surface area contributed by atoms with Crippen molar-refractivity contribution in [1.29, 1.82) is 0 Å². The van der Waals surface area contributed by atoms with Gasteiger partial charge in [0.1, 0.15) is 0 Å². The minimum Gasteiger partial charge on any atom is -0.327 e. The molecule has 4 nitrogen and oxygen atoms in total. The Morgan fingerprint density at radius 2 is 1.11 bits per heavy atom. The van der Waals surface area contributed by atoms with Crippen molar-refractivity contribution in [2.45, 2.75) is 70.1 Å². The van der Waals surface area contributed by atoms with Gasteiger partial charge in [-0.2, -0.15) is 0 Å². The number of rotatable bonds is 2. The van der Waals surface area contributed by atoms with Crippen LogP contribution in [0.15, 0.2) is 0 Å². The Hall–Kier alpha value is -0.160. The van der Waals surface area contributed by atoms with Gasteiger partial charge in [0, 0.05) is 12.1 Å². The zero-order chi connectivity index (χ0) is 14.2. The van der Waals surface area contributed by atoms with Crippen LogP contribution in [0.25, 0.3) is 0 Å². The Bertz CT molecular complexity index is 277. The molecule has 6 unspecified atom stereocenters. The number of hydrogen-bond donors (Lipinski definition) is 4. The molecule has 19 heavy (non-hydrogen) atoms. The molecule has 112 valence electrons. The quantitative estimate of drug-likeness (QED) is 0.563. The van der Waals surface area contributed by atoms with Crippen molar-refractivity contribution in [3.8, 4) is 0 Å². The van der Waals surface area contributed by atoms with Crippen LogP contribution >= 0.6 is 0 Å². The summed E-state index contributed by atoms with van der Waals surface area (Å²) in [6.07, 6.45) is 6.43. The highest BCUT2D eigenvalue weighted by molar-refractivity contribution is 4.99. The lowest BCUT2D eigenvalue weighted by atomic mass is 9.65. The Labute approximate surface area is 117 Å². The summed E-state index contributed by atoms with van der Waals surface area (Å²) >= 11 is 0. The Balaban J connectivity index is 2.01. The summed E-state index contributed by atoms with van der Waals surface area (Å²) in [7, 11) is 0. The lowest BCUT2D eigenvalue weighted by Crippen LogP contribution is -2.64. The zero-order valence-electron chi connectivity index (χ0n) is 12.5. The summed E-state index contributed by atoms with van der Waals surface area (Å²) in [6, 6.07) is 0.650. The molecule has 2 aliphatic rings. The molecule has 0 aromatic rings.